The van der Waals surface area contributed by atoms with Crippen molar-refractivity contribution in [2.45, 2.75) is 13.8 Å². The van der Waals surface area contributed by atoms with Gasteiger partial charge in [0.2, 0.25) is 0 Å². The monoisotopic (exact) mass is 257 g/mol. The van der Waals surface area contributed by atoms with Crippen LogP contribution in [-0.4, -0.2) is 15.9 Å². The number of aromatic amines is 1. The van der Waals surface area contributed by atoms with Crippen LogP contribution in [0.25, 0.3) is 11.6 Å². The number of aryl methyl sites for hydroxylation is 1. The molecule has 0 atom stereocenters. The Labute approximate surface area is 109 Å². The molecule has 1 aliphatic heterocycles. The van der Waals surface area contributed by atoms with Gasteiger partial charge >= 0.3 is 0 Å². The number of carbonyl (C=O) groups excluding carboxylic acids is 1. The predicted octanol–water partition coefficient (Wildman–Crippen LogP) is 2.66. The second-order valence-electron chi connectivity index (χ2n) is 4.52. The quantitative estimate of drug-likeness (QED) is 0.772. The van der Waals surface area contributed by atoms with Crippen molar-refractivity contribution in [2.24, 2.45) is 0 Å². The number of fused-ring (bicyclic) bond motifs is 1. The van der Waals surface area contributed by atoms with Gasteiger partial charge in [-0.2, -0.15) is 0 Å². The highest BCUT2D eigenvalue weighted by Gasteiger charge is 2.27. The van der Waals surface area contributed by atoms with Gasteiger partial charge in [0.05, 0.1) is 17.6 Å². The molecule has 0 aliphatic carbocycles. The summed E-state index contributed by atoms with van der Waals surface area (Å²) in [5.41, 5.74) is 3.72. The van der Waals surface area contributed by atoms with Gasteiger partial charge in [-0.1, -0.05) is 0 Å². The van der Waals surface area contributed by atoms with Gasteiger partial charge in [0.15, 0.2) is 0 Å². The van der Waals surface area contributed by atoms with Crippen molar-refractivity contribution >= 4 is 23.2 Å². The Bertz CT molecular complexity index is 715. The van der Waals surface area contributed by atoms with Gasteiger partial charge in [0.1, 0.15) is 5.82 Å². The van der Waals surface area contributed by atoms with Crippen LogP contribution in [0, 0.1) is 19.7 Å². The molecule has 1 aromatic heterocycles. The topological polar surface area (TPSA) is 57.8 Å². The van der Waals surface area contributed by atoms with Gasteiger partial charge < -0.3 is 10.3 Å². The third kappa shape index (κ3) is 1.74. The Morgan fingerprint density at radius 1 is 1.32 bits per heavy atom. The molecule has 0 bridgehead atoms. The molecule has 0 saturated heterocycles. The number of H-pyrrole nitrogens is 1. The lowest BCUT2D eigenvalue weighted by molar-refractivity contribution is -0.110. The zero-order chi connectivity index (χ0) is 13.6. The van der Waals surface area contributed by atoms with Crippen molar-refractivity contribution in [3.8, 4) is 0 Å². The number of benzene rings is 1. The molecular weight excluding hydrogens is 245 g/mol. The van der Waals surface area contributed by atoms with E-state index in [0.717, 1.165) is 5.69 Å². The Balaban J connectivity index is 2.21. The van der Waals surface area contributed by atoms with E-state index in [2.05, 4.69) is 15.3 Å². The molecule has 5 heteroatoms. The van der Waals surface area contributed by atoms with Crippen LogP contribution in [0.15, 0.2) is 18.5 Å². The molecule has 1 aliphatic rings. The number of rotatable bonds is 1. The first-order valence-electron chi connectivity index (χ1n) is 5.90. The number of halogens is 1. The largest absolute Gasteiger partial charge is 0.348 e. The van der Waals surface area contributed by atoms with Gasteiger partial charge in [-0.3, -0.25) is 4.79 Å². The predicted molar refractivity (Wildman–Crippen MR) is 71.0 cm³/mol. The fourth-order valence-electron chi connectivity index (χ4n) is 2.23. The van der Waals surface area contributed by atoms with Crippen LogP contribution in [0.5, 0.6) is 0 Å². The maximum atomic E-state index is 13.6. The van der Waals surface area contributed by atoms with Gasteiger partial charge in [0, 0.05) is 16.9 Å². The van der Waals surface area contributed by atoms with Crippen molar-refractivity contribution in [3.05, 3.63) is 46.8 Å². The second kappa shape index (κ2) is 4.05. The first kappa shape index (κ1) is 11.6. The van der Waals surface area contributed by atoms with Crippen LogP contribution in [0.1, 0.15) is 22.5 Å². The SMILES string of the molecule is Cc1[nH]cnc1/C=C1\C(=O)Nc2ccc(F)c(C)c21. The number of aromatic nitrogens is 2. The number of anilines is 1. The van der Waals surface area contributed by atoms with Crippen molar-refractivity contribution in [1.29, 1.82) is 0 Å². The van der Waals surface area contributed by atoms with E-state index in [1.54, 1.807) is 25.4 Å². The van der Waals surface area contributed by atoms with Crippen LogP contribution in [-0.2, 0) is 4.79 Å². The zero-order valence-corrected chi connectivity index (χ0v) is 10.5. The number of amides is 1. The lowest BCUT2D eigenvalue weighted by atomic mass is 10.00. The van der Waals surface area contributed by atoms with E-state index in [1.807, 2.05) is 6.92 Å². The summed E-state index contributed by atoms with van der Waals surface area (Å²) >= 11 is 0. The summed E-state index contributed by atoms with van der Waals surface area (Å²) in [6.45, 7) is 3.53. The molecule has 3 rings (SSSR count). The van der Waals surface area contributed by atoms with Crippen molar-refractivity contribution in [1.82, 2.24) is 9.97 Å². The van der Waals surface area contributed by atoms with Gasteiger partial charge in [-0.05, 0) is 37.6 Å². The third-order valence-electron chi connectivity index (χ3n) is 3.31. The summed E-state index contributed by atoms with van der Waals surface area (Å²) in [6.07, 6.45) is 3.24. The summed E-state index contributed by atoms with van der Waals surface area (Å²) in [4.78, 5) is 19.1. The molecule has 0 unspecified atom stereocenters. The zero-order valence-electron chi connectivity index (χ0n) is 10.5. The van der Waals surface area contributed by atoms with Crippen molar-refractivity contribution in [3.63, 3.8) is 0 Å². The Morgan fingerprint density at radius 3 is 2.79 bits per heavy atom. The minimum absolute atomic E-state index is 0.230. The fraction of sp³-hybridized carbons (Fsp3) is 0.143. The number of nitrogens with zero attached hydrogens (tertiary/aromatic N) is 1. The number of nitrogens with one attached hydrogen (secondary N) is 2. The molecule has 0 spiro atoms. The van der Waals surface area contributed by atoms with E-state index in [-0.39, 0.29) is 11.7 Å². The minimum Gasteiger partial charge on any atom is -0.348 e. The molecule has 2 N–H and O–H groups in total. The minimum atomic E-state index is -0.320. The van der Waals surface area contributed by atoms with Crippen molar-refractivity contribution < 1.29 is 9.18 Å². The summed E-state index contributed by atoms with van der Waals surface area (Å²) in [5, 5.41) is 2.74. The average Bonchev–Trinajstić information content (AvgIpc) is 2.91. The lowest BCUT2D eigenvalue weighted by Crippen LogP contribution is -2.03. The van der Waals surface area contributed by atoms with E-state index >= 15 is 0 Å². The molecule has 1 amide bonds. The van der Waals surface area contributed by atoms with Gasteiger partial charge in [-0.15, -0.1) is 0 Å². The summed E-state index contributed by atoms with van der Waals surface area (Å²) in [6, 6.07) is 2.94. The summed E-state index contributed by atoms with van der Waals surface area (Å²) < 4.78 is 13.6. The van der Waals surface area contributed by atoms with Gasteiger partial charge in [-0.25, -0.2) is 9.37 Å². The fourth-order valence-corrected chi connectivity index (χ4v) is 2.23. The first-order valence-corrected chi connectivity index (χ1v) is 5.90. The number of hydrogen-bond donors (Lipinski definition) is 2. The normalized spacial score (nSPS) is 15.7. The summed E-state index contributed by atoms with van der Waals surface area (Å²) in [5.74, 6) is -0.550. The van der Waals surface area contributed by atoms with Crippen LogP contribution in [0.3, 0.4) is 0 Å². The molecule has 2 heterocycles. The smallest absolute Gasteiger partial charge is 0.256 e. The van der Waals surface area contributed by atoms with E-state index in [1.165, 1.54) is 6.07 Å². The third-order valence-corrected chi connectivity index (χ3v) is 3.31. The highest BCUT2D eigenvalue weighted by Crippen LogP contribution is 2.36. The number of hydrogen-bond acceptors (Lipinski definition) is 2. The van der Waals surface area contributed by atoms with E-state index in [0.29, 0.717) is 28.1 Å². The first-order chi connectivity index (χ1) is 9.08. The summed E-state index contributed by atoms with van der Waals surface area (Å²) in [7, 11) is 0. The molecule has 96 valence electrons. The molecule has 1 aromatic carbocycles. The van der Waals surface area contributed by atoms with E-state index in [4.69, 9.17) is 0 Å². The van der Waals surface area contributed by atoms with E-state index < -0.39 is 0 Å². The van der Waals surface area contributed by atoms with Crippen LogP contribution in [0.2, 0.25) is 0 Å². The maximum Gasteiger partial charge on any atom is 0.256 e. The van der Waals surface area contributed by atoms with Gasteiger partial charge in [0.25, 0.3) is 5.91 Å². The molecular formula is C14H12FN3O. The molecule has 0 fully saturated rings. The van der Waals surface area contributed by atoms with Crippen LogP contribution in [0.4, 0.5) is 10.1 Å². The maximum absolute atomic E-state index is 13.6. The second-order valence-corrected chi connectivity index (χ2v) is 4.52. The Kier molecular flexibility index (Phi) is 2.48. The molecule has 0 saturated carbocycles. The Morgan fingerprint density at radius 2 is 2.11 bits per heavy atom. The molecule has 19 heavy (non-hydrogen) atoms. The lowest BCUT2D eigenvalue weighted by Gasteiger charge is -2.04. The number of imidazole rings is 1. The molecule has 0 radical (unpaired) electrons. The highest BCUT2D eigenvalue weighted by atomic mass is 19.1. The van der Waals surface area contributed by atoms with Crippen molar-refractivity contribution in [2.75, 3.05) is 5.32 Å². The molecule has 4 nitrogen and oxygen atoms in total. The standard InChI is InChI=1S/C14H12FN3O/c1-7-10(15)3-4-11-13(7)9(14(19)18-11)5-12-8(2)16-6-17-12/h3-6H,1-2H3,(H,16,17)(H,18,19)/b9-5-. The average molecular weight is 257 g/mol. The highest BCUT2D eigenvalue weighted by molar-refractivity contribution is 6.35. The number of carbonyl (C=O) groups is 1. The van der Waals surface area contributed by atoms with Crippen LogP contribution >= 0.6 is 0 Å². The van der Waals surface area contributed by atoms with Crippen LogP contribution < -0.4 is 5.32 Å². The Hall–Kier alpha value is -2.43. The van der Waals surface area contributed by atoms with E-state index in [9.17, 15) is 9.18 Å². The molecule has 2 aromatic rings.